The van der Waals surface area contributed by atoms with Crippen molar-refractivity contribution in [1.29, 1.82) is 0 Å². The molecule has 7 nitrogen and oxygen atoms in total. The van der Waals surface area contributed by atoms with Crippen LogP contribution in [0.5, 0.6) is 0 Å². The molecule has 8 heteroatoms. The Morgan fingerprint density at radius 2 is 1.52 bits per heavy atom. The van der Waals surface area contributed by atoms with Crippen LogP contribution in [-0.4, -0.2) is 85.9 Å². The van der Waals surface area contributed by atoms with Crippen LogP contribution in [0.15, 0.2) is 0 Å². The molecule has 1 N–H and O–H groups in total. The van der Waals surface area contributed by atoms with Gasteiger partial charge in [-0.1, -0.05) is 0 Å². The minimum atomic E-state index is -2.80. The summed E-state index contributed by atoms with van der Waals surface area (Å²) in [6.07, 6.45) is 0.703. The number of methoxy groups -OCH3 is 1. The summed E-state index contributed by atoms with van der Waals surface area (Å²) in [6, 6.07) is 0.0825. The van der Waals surface area contributed by atoms with Crippen molar-refractivity contribution < 1.29 is 27.4 Å². The molecule has 1 saturated heterocycles. The van der Waals surface area contributed by atoms with E-state index in [1.54, 1.807) is 7.11 Å². The summed E-state index contributed by atoms with van der Waals surface area (Å²) in [6.45, 7) is 4.57. The second-order valence-corrected chi connectivity index (χ2v) is 7.11. The molecule has 0 saturated carbocycles. The minimum absolute atomic E-state index is 0.0825. The van der Waals surface area contributed by atoms with Crippen LogP contribution in [0.4, 0.5) is 0 Å². The molecule has 0 aromatic rings. The molecule has 1 heterocycles. The summed E-state index contributed by atoms with van der Waals surface area (Å²) >= 11 is 0. The summed E-state index contributed by atoms with van der Waals surface area (Å²) < 4.78 is 43.3. The van der Waals surface area contributed by atoms with E-state index in [9.17, 15) is 8.42 Å². The van der Waals surface area contributed by atoms with E-state index in [0.29, 0.717) is 65.0 Å². The van der Waals surface area contributed by atoms with Crippen LogP contribution in [0.1, 0.15) is 6.42 Å². The first kappa shape index (κ1) is 18.8. The molecule has 0 bridgehead atoms. The molecule has 1 atom stereocenters. The molecule has 126 valence electrons. The summed E-state index contributed by atoms with van der Waals surface area (Å²) in [4.78, 5) is 0. The first-order chi connectivity index (χ1) is 10.1. The summed E-state index contributed by atoms with van der Waals surface area (Å²) in [7, 11) is -1.17. The molecule has 21 heavy (non-hydrogen) atoms. The van der Waals surface area contributed by atoms with Gasteiger partial charge in [-0.3, -0.25) is 0 Å². The standard InChI is InChI=1S/C13H27NO6S/c1-17-5-6-19-9-10-20-8-7-18-4-3-14-13-2-11-21(15,16)12-13/h13-14H,2-12H2,1H3. The lowest BCUT2D eigenvalue weighted by Gasteiger charge is -2.11. The smallest absolute Gasteiger partial charge is 0.151 e. The maximum atomic E-state index is 11.3. The maximum absolute atomic E-state index is 11.3. The van der Waals surface area contributed by atoms with Gasteiger partial charge in [0, 0.05) is 19.7 Å². The molecule has 1 aliphatic heterocycles. The van der Waals surface area contributed by atoms with Crippen LogP contribution in [0.2, 0.25) is 0 Å². The Hall–Kier alpha value is -0.250. The average molecular weight is 325 g/mol. The van der Waals surface area contributed by atoms with Crippen molar-refractivity contribution in [3.05, 3.63) is 0 Å². The lowest BCUT2D eigenvalue weighted by Crippen LogP contribution is -2.33. The monoisotopic (exact) mass is 325 g/mol. The fourth-order valence-corrected chi connectivity index (χ4v) is 3.68. The highest BCUT2D eigenvalue weighted by atomic mass is 32.2. The van der Waals surface area contributed by atoms with E-state index in [1.165, 1.54) is 0 Å². The number of hydrogen-bond donors (Lipinski definition) is 1. The van der Waals surface area contributed by atoms with Crippen molar-refractivity contribution in [3.8, 4) is 0 Å². The van der Waals surface area contributed by atoms with Crippen molar-refractivity contribution in [2.75, 3.05) is 71.4 Å². The van der Waals surface area contributed by atoms with Gasteiger partial charge in [0.2, 0.25) is 0 Å². The largest absolute Gasteiger partial charge is 0.382 e. The number of ether oxygens (including phenoxy) is 4. The van der Waals surface area contributed by atoms with Gasteiger partial charge >= 0.3 is 0 Å². The molecule has 1 unspecified atom stereocenters. The SMILES string of the molecule is COCCOCCOCCOCCNC1CCS(=O)(=O)C1. The lowest BCUT2D eigenvalue weighted by molar-refractivity contribution is 0.00397. The second-order valence-electron chi connectivity index (χ2n) is 4.88. The Kier molecular flexibility index (Phi) is 10.1. The highest BCUT2D eigenvalue weighted by Crippen LogP contribution is 2.10. The number of sulfone groups is 1. The fraction of sp³-hybridized carbons (Fsp3) is 1.00. The van der Waals surface area contributed by atoms with Gasteiger partial charge in [0.1, 0.15) is 0 Å². The molecular formula is C13H27NO6S. The van der Waals surface area contributed by atoms with Gasteiger partial charge in [0.05, 0.1) is 57.8 Å². The molecule has 0 spiro atoms. The Bertz CT molecular complexity index is 349. The molecule has 1 rings (SSSR count). The Morgan fingerprint density at radius 1 is 0.952 bits per heavy atom. The van der Waals surface area contributed by atoms with Crippen LogP contribution < -0.4 is 5.32 Å². The normalized spacial score (nSPS) is 20.9. The second kappa shape index (κ2) is 11.3. The van der Waals surface area contributed by atoms with Crippen LogP contribution >= 0.6 is 0 Å². The van der Waals surface area contributed by atoms with Crippen LogP contribution in [-0.2, 0) is 28.8 Å². The van der Waals surface area contributed by atoms with Gasteiger partial charge in [-0.25, -0.2) is 8.42 Å². The fourth-order valence-electron chi connectivity index (χ4n) is 1.98. The van der Waals surface area contributed by atoms with E-state index < -0.39 is 9.84 Å². The summed E-state index contributed by atoms with van der Waals surface area (Å²) in [5, 5.41) is 3.19. The van der Waals surface area contributed by atoms with Gasteiger partial charge in [0.15, 0.2) is 9.84 Å². The molecule has 0 aromatic carbocycles. The van der Waals surface area contributed by atoms with Gasteiger partial charge < -0.3 is 24.3 Å². The third-order valence-corrected chi connectivity index (χ3v) is 4.86. The van der Waals surface area contributed by atoms with E-state index >= 15 is 0 Å². The lowest BCUT2D eigenvalue weighted by atomic mass is 10.3. The summed E-state index contributed by atoms with van der Waals surface area (Å²) in [5.41, 5.74) is 0. The highest BCUT2D eigenvalue weighted by Gasteiger charge is 2.26. The molecular weight excluding hydrogens is 298 g/mol. The molecule has 0 amide bonds. The van der Waals surface area contributed by atoms with E-state index in [1.807, 2.05) is 0 Å². The molecule has 0 radical (unpaired) electrons. The van der Waals surface area contributed by atoms with Crippen molar-refractivity contribution in [2.24, 2.45) is 0 Å². The van der Waals surface area contributed by atoms with E-state index in [0.717, 1.165) is 0 Å². The van der Waals surface area contributed by atoms with Crippen LogP contribution in [0.25, 0.3) is 0 Å². The first-order valence-corrected chi connectivity index (χ1v) is 9.12. The number of hydrogen-bond acceptors (Lipinski definition) is 7. The van der Waals surface area contributed by atoms with Gasteiger partial charge in [-0.05, 0) is 6.42 Å². The molecule has 0 aromatic heterocycles. The third-order valence-electron chi connectivity index (χ3n) is 3.09. The van der Waals surface area contributed by atoms with Gasteiger partial charge in [-0.2, -0.15) is 0 Å². The minimum Gasteiger partial charge on any atom is -0.382 e. The molecule has 1 fully saturated rings. The number of rotatable bonds is 13. The molecule has 1 aliphatic rings. The zero-order chi connectivity index (χ0) is 15.4. The van der Waals surface area contributed by atoms with E-state index in [-0.39, 0.29) is 11.8 Å². The van der Waals surface area contributed by atoms with E-state index in [4.69, 9.17) is 18.9 Å². The van der Waals surface area contributed by atoms with Crippen LogP contribution in [0.3, 0.4) is 0 Å². The van der Waals surface area contributed by atoms with Crippen molar-refractivity contribution >= 4 is 9.84 Å². The third kappa shape index (κ3) is 10.2. The predicted octanol–water partition coefficient (Wildman–Crippen LogP) is -0.541. The summed E-state index contributed by atoms with van der Waals surface area (Å²) in [5.74, 6) is 0.547. The zero-order valence-corrected chi connectivity index (χ0v) is 13.5. The predicted molar refractivity (Wildman–Crippen MR) is 79.4 cm³/mol. The molecule has 0 aliphatic carbocycles. The van der Waals surface area contributed by atoms with Gasteiger partial charge in [0.25, 0.3) is 0 Å². The zero-order valence-electron chi connectivity index (χ0n) is 12.7. The Balaban J connectivity index is 1.77. The average Bonchev–Trinajstić information content (AvgIpc) is 2.79. The van der Waals surface area contributed by atoms with Crippen molar-refractivity contribution in [1.82, 2.24) is 5.32 Å². The maximum Gasteiger partial charge on any atom is 0.151 e. The van der Waals surface area contributed by atoms with Gasteiger partial charge in [-0.15, -0.1) is 0 Å². The Labute approximate surface area is 127 Å². The highest BCUT2D eigenvalue weighted by molar-refractivity contribution is 7.91. The number of nitrogens with one attached hydrogen (secondary N) is 1. The Morgan fingerprint density at radius 3 is 2.05 bits per heavy atom. The topological polar surface area (TPSA) is 83.1 Å². The van der Waals surface area contributed by atoms with Crippen molar-refractivity contribution in [2.45, 2.75) is 12.5 Å². The van der Waals surface area contributed by atoms with Crippen LogP contribution in [0, 0.1) is 0 Å². The quantitative estimate of drug-likeness (QED) is 0.455. The van der Waals surface area contributed by atoms with E-state index in [2.05, 4.69) is 5.32 Å². The first-order valence-electron chi connectivity index (χ1n) is 7.30. The van der Waals surface area contributed by atoms with Crippen molar-refractivity contribution in [3.63, 3.8) is 0 Å².